The number of hydrogen-bond donors (Lipinski definition) is 1. The largest absolute Gasteiger partial charge is 0.393 e. The van der Waals surface area contributed by atoms with Gasteiger partial charge in [-0.2, -0.15) is 0 Å². The minimum Gasteiger partial charge on any atom is -0.393 e. The smallest absolute Gasteiger partial charge is 0.0581 e. The van der Waals surface area contributed by atoms with Crippen LogP contribution in [0.2, 0.25) is 0 Å². The van der Waals surface area contributed by atoms with Gasteiger partial charge in [0.05, 0.1) is 6.10 Å². The molecule has 1 heteroatoms. The Kier molecular flexibility index (Phi) is 3.05. The van der Waals surface area contributed by atoms with Crippen molar-refractivity contribution in [3.63, 3.8) is 0 Å². The number of aliphatic hydroxyl groups excluding tert-OH is 1. The van der Waals surface area contributed by atoms with E-state index in [1.165, 1.54) is 57.8 Å². The van der Waals surface area contributed by atoms with Gasteiger partial charge >= 0.3 is 0 Å². The summed E-state index contributed by atoms with van der Waals surface area (Å²) in [5.41, 5.74) is 0.933. The average Bonchev–Trinajstić information content (AvgIpc) is 2.78. The predicted octanol–water partition coefficient (Wildman–Crippen LogP) is 4.78. The highest BCUT2D eigenvalue weighted by atomic mass is 16.3. The van der Waals surface area contributed by atoms with Gasteiger partial charge in [-0.15, -0.1) is 0 Å². The fourth-order valence-electron chi connectivity index (χ4n) is 7.43. The van der Waals surface area contributed by atoms with Gasteiger partial charge in [0.15, 0.2) is 0 Å². The monoisotopic (exact) mass is 276 g/mol. The van der Waals surface area contributed by atoms with Crippen molar-refractivity contribution in [3.05, 3.63) is 0 Å². The van der Waals surface area contributed by atoms with Crippen LogP contribution in [0.1, 0.15) is 78.1 Å². The molecule has 0 saturated heterocycles. The molecule has 4 saturated carbocycles. The molecule has 4 aliphatic rings. The molecule has 4 rings (SSSR count). The topological polar surface area (TPSA) is 20.2 Å². The van der Waals surface area contributed by atoms with E-state index < -0.39 is 0 Å². The van der Waals surface area contributed by atoms with E-state index in [0.717, 1.165) is 24.2 Å². The first-order valence-corrected chi connectivity index (χ1v) is 9.23. The molecule has 6 unspecified atom stereocenters. The van der Waals surface area contributed by atoms with Crippen molar-refractivity contribution in [2.45, 2.75) is 84.2 Å². The first-order chi connectivity index (χ1) is 9.55. The number of rotatable bonds is 0. The predicted molar refractivity (Wildman–Crippen MR) is 82.4 cm³/mol. The summed E-state index contributed by atoms with van der Waals surface area (Å²) in [6, 6.07) is 0. The average molecular weight is 276 g/mol. The number of aliphatic hydroxyl groups is 1. The van der Waals surface area contributed by atoms with Crippen molar-refractivity contribution < 1.29 is 5.11 Å². The Morgan fingerprint density at radius 1 is 0.900 bits per heavy atom. The van der Waals surface area contributed by atoms with Crippen molar-refractivity contribution in [2.24, 2.45) is 34.5 Å². The molecule has 0 aliphatic heterocycles. The lowest BCUT2D eigenvalue weighted by Crippen LogP contribution is -2.57. The molecule has 0 aromatic carbocycles. The molecule has 114 valence electrons. The van der Waals surface area contributed by atoms with E-state index in [4.69, 9.17) is 0 Å². The summed E-state index contributed by atoms with van der Waals surface area (Å²) < 4.78 is 0. The van der Waals surface area contributed by atoms with Gasteiger partial charge in [-0.05, 0) is 79.4 Å². The quantitative estimate of drug-likeness (QED) is 0.675. The van der Waals surface area contributed by atoms with Crippen molar-refractivity contribution in [1.29, 1.82) is 0 Å². The standard InChI is InChI=1S/C19H32O/c1-18-10-5-7-15(18)14-9-8-13-6-3-4-11-19(13,2)17(14)16(20)12-18/h13-17,20H,3-12H2,1-2H3/t13-,14?,15?,16?,17?,18?,19?/m1/s1. The molecule has 0 aromatic heterocycles. The summed E-state index contributed by atoms with van der Waals surface area (Å²) >= 11 is 0. The number of hydrogen-bond acceptors (Lipinski definition) is 1. The van der Waals surface area contributed by atoms with Gasteiger partial charge in [-0.3, -0.25) is 0 Å². The Balaban J connectivity index is 1.69. The summed E-state index contributed by atoms with van der Waals surface area (Å²) in [6.45, 7) is 5.04. The lowest BCUT2D eigenvalue weighted by atomic mass is 9.44. The Bertz CT molecular complexity index is 391. The minimum atomic E-state index is -0.00903. The lowest BCUT2D eigenvalue weighted by molar-refractivity contribution is -0.162. The van der Waals surface area contributed by atoms with Gasteiger partial charge in [0, 0.05) is 0 Å². The van der Waals surface area contributed by atoms with Gasteiger partial charge in [0.2, 0.25) is 0 Å². The molecule has 20 heavy (non-hydrogen) atoms. The van der Waals surface area contributed by atoms with Crippen LogP contribution < -0.4 is 0 Å². The van der Waals surface area contributed by atoms with E-state index in [2.05, 4.69) is 13.8 Å². The highest BCUT2D eigenvalue weighted by molar-refractivity contribution is 5.09. The maximum Gasteiger partial charge on any atom is 0.0581 e. The van der Waals surface area contributed by atoms with Crippen molar-refractivity contribution in [2.75, 3.05) is 0 Å². The zero-order valence-electron chi connectivity index (χ0n) is 13.4. The highest BCUT2D eigenvalue weighted by Gasteiger charge is 2.60. The molecule has 0 spiro atoms. The number of fused-ring (bicyclic) bond motifs is 5. The van der Waals surface area contributed by atoms with Crippen LogP contribution in [0.15, 0.2) is 0 Å². The summed E-state index contributed by atoms with van der Waals surface area (Å²) in [4.78, 5) is 0. The van der Waals surface area contributed by atoms with Crippen LogP contribution in [-0.2, 0) is 0 Å². The van der Waals surface area contributed by atoms with E-state index in [9.17, 15) is 5.11 Å². The molecule has 0 radical (unpaired) electrons. The third-order valence-electron chi connectivity index (χ3n) is 8.29. The molecular weight excluding hydrogens is 244 g/mol. The Labute approximate surface area is 124 Å². The maximum absolute atomic E-state index is 11.0. The summed E-state index contributed by atoms with van der Waals surface area (Å²) in [6.07, 6.45) is 13.9. The fraction of sp³-hybridized carbons (Fsp3) is 1.00. The van der Waals surface area contributed by atoms with Crippen LogP contribution in [-0.4, -0.2) is 11.2 Å². The SMILES string of the molecule is CC12CCCC1C1CC[C@H]3CCCCC3(C)C1C(O)C2. The Hall–Kier alpha value is -0.0400. The molecule has 0 bridgehead atoms. The van der Waals surface area contributed by atoms with Crippen molar-refractivity contribution >= 4 is 0 Å². The zero-order chi connectivity index (χ0) is 14.0. The van der Waals surface area contributed by atoms with Gasteiger partial charge in [-0.25, -0.2) is 0 Å². The van der Waals surface area contributed by atoms with Crippen LogP contribution in [0, 0.1) is 34.5 Å². The molecular formula is C19H32O. The van der Waals surface area contributed by atoms with Crippen LogP contribution in [0.3, 0.4) is 0 Å². The Morgan fingerprint density at radius 2 is 1.75 bits per heavy atom. The maximum atomic E-state index is 11.0. The van der Waals surface area contributed by atoms with E-state index >= 15 is 0 Å². The zero-order valence-corrected chi connectivity index (χ0v) is 13.4. The first-order valence-electron chi connectivity index (χ1n) is 9.23. The molecule has 0 aromatic rings. The van der Waals surface area contributed by atoms with Crippen LogP contribution in [0.4, 0.5) is 0 Å². The van der Waals surface area contributed by atoms with E-state index in [1.807, 2.05) is 0 Å². The summed E-state index contributed by atoms with van der Waals surface area (Å²) in [5.74, 6) is 3.30. The van der Waals surface area contributed by atoms with Crippen molar-refractivity contribution in [1.82, 2.24) is 0 Å². The first kappa shape index (κ1) is 13.6. The molecule has 7 atom stereocenters. The second kappa shape index (κ2) is 4.48. The fourth-order valence-corrected chi connectivity index (χ4v) is 7.43. The molecule has 0 amide bonds. The lowest BCUT2D eigenvalue weighted by Gasteiger charge is -2.61. The molecule has 1 N–H and O–H groups in total. The van der Waals surface area contributed by atoms with E-state index in [0.29, 0.717) is 16.7 Å². The van der Waals surface area contributed by atoms with Crippen LogP contribution >= 0.6 is 0 Å². The van der Waals surface area contributed by atoms with Gasteiger partial charge in [-0.1, -0.05) is 33.1 Å². The highest BCUT2D eigenvalue weighted by Crippen LogP contribution is 2.66. The normalized spacial score (nSPS) is 58.6. The second-order valence-electron chi connectivity index (χ2n) is 9.14. The molecule has 4 aliphatic carbocycles. The van der Waals surface area contributed by atoms with Crippen LogP contribution in [0.25, 0.3) is 0 Å². The third-order valence-corrected chi connectivity index (χ3v) is 8.29. The van der Waals surface area contributed by atoms with Gasteiger partial charge in [0.1, 0.15) is 0 Å². The minimum absolute atomic E-state index is 0.00903. The second-order valence-corrected chi connectivity index (χ2v) is 9.14. The van der Waals surface area contributed by atoms with E-state index in [-0.39, 0.29) is 6.10 Å². The van der Waals surface area contributed by atoms with Crippen LogP contribution in [0.5, 0.6) is 0 Å². The van der Waals surface area contributed by atoms with E-state index in [1.54, 1.807) is 0 Å². The Morgan fingerprint density at radius 3 is 2.60 bits per heavy atom. The third kappa shape index (κ3) is 1.71. The molecule has 0 heterocycles. The molecule has 1 nitrogen and oxygen atoms in total. The summed E-state index contributed by atoms with van der Waals surface area (Å²) in [5, 5.41) is 11.0. The van der Waals surface area contributed by atoms with Crippen molar-refractivity contribution in [3.8, 4) is 0 Å². The van der Waals surface area contributed by atoms with Gasteiger partial charge < -0.3 is 5.11 Å². The van der Waals surface area contributed by atoms with Gasteiger partial charge in [0.25, 0.3) is 0 Å². The summed E-state index contributed by atoms with van der Waals surface area (Å²) in [7, 11) is 0. The molecule has 4 fully saturated rings.